The van der Waals surface area contributed by atoms with Crippen LogP contribution in [0.4, 0.5) is 5.95 Å². The van der Waals surface area contributed by atoms with E-state index >= 15 is 0 Å². The summed E-state index contributed by atoms with van der Waals surface area (Å²) < 4.78 is 1.70. The molecule has 0 aliphatic carbocycles. The molecule has 0 spiro atoms. The predicted molar refractivity (Wildman–Crippen MR) is 79.3 cm³/mol. The first kappa shape index (κ1) is 13.3. The smallest absolute Gasteiger partial charge is 0.247 e. The van der Waals surface area contributed by atoms with E-state index in [0.29, 0.717) is 5.95 Å². The Balaban J connectivity index is 1.57. The van der Waals surface area contributed by atoms with Gasteiger partial charge in [0.15, 0.2) is 0 Å². The third-order valence-corrected chi connectivity index (χ3v) is 3.31. The zero-order chi connectivity index (χ0) is 14.5. The monoisotopic (exact) mass is 283 g/mol. The molecule has 0 bridgehead atoms. The highest BCUT2D eigenvalue weighted by molar-refractivity contribution is 5.38. The van der Waals surface area contributed by atoms with Crippen LogP contribution in [0.3, 0.4) is 0 Å². The number of aromatic amines is 1. The summed E-state index contributed by atoms with van der Waals surface area (Å²) in [5, 5.41) is 22.0. The molecule has 7 nitrogen and oxygen atoms in total. The molecule has 3 rings (SSSR count). The molecule has 0 saturated heterocycles. The molecule has 0 aliphatic heterocycles. The van der Waals surface area contributed by atoms with Crippen molar-refractivity contribution in [1.29, 1.82) is 0 Å². The van der Waals surface area contributed by atoms with Crippen molar-refractivity contribution >= 4 is 5.95 Å². The molecule has 0 saturated carbocycles. The van der Waals surface area contributed by atoms with Gasteiger partial charge in [-0.1, -0.05) is 23.3 Å². The van der Waals surface area contributed by atoms with E-state index in [-0.39, 0.29) is 0 Å². The van der Waals surface area contributed by atoms with Crippen LogP contribution in [0.5, 0.6) is 0 Å². The van der Waals surface area contributed by atoms with E-state index in [1.165, 1.54) is 5.56 Å². The molecule has 2 aromatic heterocycles. The van der Waals surface area contributed by atoms with Crippen molar-refractivity contribution in [2.45, 2.75) is 19.8 Å². The summed E-state index contributed by atoms with van der Waals surface area (Å²) >= 11 is 0. The lowest BCUT2D eigenvalue weighted by atomic mass is 10.1. The van der Waals surface area contributed by atoms with Gasteiger partial charge in [-0.2, -0.15) is 9.78 Å². The summed E-state index contributed by atoms with van der Waals surface area (Å²) in [5.74, 6) is 0.658. The second-order valence-corrected chi connectivity index (χ2v) is 4.80. The highest BCUT2D eigenvalue weighted by Crippen LogP contribution is 2.11. The largest absolute Gasteiger partial charge is 0.353 e. The number of hydrogen-bond acceptors (Lipinski definition) is 5. The SMILES string of the molecule is Cc1[nH]ncc1CCCNc1nnnn1-c1ccccc1. The molecule has 0 amide bonds. The van der Waals surface area contributed by atoms with Gasteiger partial charge in [0.2, 0.25) is 5.95 Å². The minimum Gasteiger partial charge on any atom is -0.353 e. The standard InChI is InChI=1S/C14H17N7/c1-11-12(10-16-17-11)6-5-9-15-14-18-19-20-21(14)13-7-3-2-4-8-13/h2-4,7-8,10H,5-6,9H2,1H3,(H,16,17)(H,15,18,20). The van der Waals surface area contributed by atoms with E-state index in [2.05, 4.69) is 31.0 Å². The first-order valence-electron chi connectivity index (χ1n) is 6.91. The summed E-state index contributed by atoms with van der Waals surface area (Å²) in [6.07, 6.45) is 3.84. The van der Waals surface area contributed by atoms with Gasteiger partial charge in [-0.05, 0) is 47.9 Å². The van der Waals surface area contributed by atoms with Crippen molar-refractivity contribution in [3.63, 3.8) is 0 Å². The molecule has 21 heavy (non-hydrogen) atoms. The van der Waals surface area contributed by atoms with Gasteiger partial charge >= 0.3 is 0 Å². The molecule has 0 aliphatic rings. The van der Waals surface area contributed by atoms with Crippen LogP contribution in [0.15, 0.2) is 36.5 Å². The fourth-order valence-corrected chi connectivity index (χ4v) is 2.15. The maximum Gasteiger partial charge on any atom is 0.247 e. The van der Waals surface area contributed by atoms with Gasteiger partial charge in [-0.15, -0.1) is 0 Å². The number of anilines is 1. The van der Waals surface area contributed by atoms with Crippen LogP contribution >= 0.6 is 0 Å². The number of hydrogen-bond donors (Lipinski definition) is 2. The molecule has 0 atom stereocenters. The maximum absolute atomic E-state index is 4.02. The molecule has 0 fully saturated rings. The quantitative estimate of drug-likeness (QED) is 0.673. The number of para-hydroxylation sites is 1. The Labute approximate surface area is 122 Å². The van der Waals surface area contributed by atoms with E-state index < -0.39 is 0 Å². The maximum atomic E-state index is 4.02. The van der Waals surface area contributed by atoms with E-state index in [1.54, 1.807) is 4.68 Å². The zero-order valence-corrected chi connectivity index (χ0v) is 11.8. The van der Waals surface area contributed by atoms with Crippen LogP contribution < -0.4 is 5.32 Å². The Bertz CT molecular complexity index is 686. The molecule has 2 N–H and O–H groups in total. The van der Waals surface area contributed by atoms with Crippen LogP contribution in [0.2, 0.25) is 0 Å². The highest BCUT2D eigenvalue weighted by Gasteiger charge is 2.07. The average molecular weight is 283 g/mol. The summed E-state index contributed by atoms with van der Waals surface area (Å²) in [4.78, 5) is 0. The summed E-state index contributed by atoms with van der Waals surface area (Å²) in [5.41, 5.74) is 3.32. The van der Waals surface area contributed by atoms with Crippen molar-refractivity contribution in [2.24, 2.45) is 0 Å². The predicted octanol–water partition coefficient (Wildman–Crippen LogP) is 1.74. The average Bonchev–Trinajstić information content (AvgIpc) is 3.14. The number of rotatable bonds is 6. The van der Waals surface area contributed by atoms with Crippen LogP contribution in [-0.2, 0) is 6.42 Å². The summed E-state index contributed by atoms with van der Waals surface area (Å²) in [7, 11) is 0. The zero-order valence-electron chi connectivity index (χ0n) is 11.8. The Hall–Kier alpha value is -2.70. The van der Waals surface area contributed by atoms with Crippen LogP contribution in [-0.4, -0.2) is 36.9 Å². The van der Waals surface area contributed by atoms with Crippen molar-refractivity contribution in [3.05, 3.63) is 47.8 Å². The number of nitrogens with zero attached hydrogens (tertiary/aromatic N) is 5. The fraction of sp³-hybridized carbons (Fsp3) is 0.286. The van der Waals surface area contributed by atoms with Gasteiger partial charge in [0, 0.05) is 12.2 Å². The van der Waals surface area contributed by atoms with Gasteiger partial charge in [-0.25, -0.2) is 0 Å². The van der Waals surface area contributed by atoms with Crippen molar-refractivity contribution in [2.75, 3.05) is 11.9 Å². The summed E-state index contributed by atoms with van der Waals surface area (Å²) in [6.45, 7) is 2.84. The molecule has 3 aromatic rings. The number of H-pyrrole nitrogens is 1. The van der Waals surface area contributed by atoms with Crippen LogP contribution in [0.25, 0.3) is 5.69 Å². The molecule has 0 radical (unpaired) electrons. The number of tetrazole rings is 1. The molecule has 2 heterocycles. The second kappa shape index (κ2) is 6.17. The third-order valence-electron chi connectivity index (χ3n) is 3.31. The molecule has 108 valence electrons. The van der Waals surface area contributed by atoms with Gasteiger partial charge in [-0.3, -0.25) is 5.10 Å². The fourth-order valence-electron chi connectivity index (χ4n) is 2.15. The topological polar surface area (TPSA) is 84.3 Å². The molecule has 0 unspecified atom stereocenters. The lowest BCUT2D eigenvalue weighted by Crippen LogP contribution is -2.09. The molecule has 1 aromatic carbocycles. The van der Waals surface area contributed by atoms with Crippen molar-refractivity contribution in [1.82, 2.24) is 30.4 Å². The minimum absolute atomic E-state index is 0.658. The van der Waals surface area contributed by atoms with Crippen LogP contribution in [0, 0.1) is 6.92 Å². The number of benzene rings is 1. The van der Waals surface area contributed by atoms with Crippen molar-refractivity contribution < 1.29 is 0 Å². The Morgan fingerprint density at radius 1 is 1.24 bits per heavy atom. The van der Waals surface area contributed by atoms with Gasteiger partial charge in [0.1, 0.15) is 0 Å². The highest BCUT2D eigenvalue weighted by atomic mass is 15.6. The summed E-state index contributed by atoms with van der Waals surface area (Å²) in [6, 6.07) is 9.83. The van der Waals surface area contributed by atoms with Gasteiger partial charge < -0.3 is 5.32 Å². The Kier molecular flexibility index (Phi) is 3.90. The number of aromatic nitrogens is 6. The lowest BCUT2D eigenvalue weighted by molar-refractivity contribution is 0.785. The second-order valence-electron chi connectivity index (χ2n) is 4.80. The lowest BCUT2D eigenvalue weighted by Gasteiger charge is -2.06. The van der Waals surface area contributed by atoms with Crippen LogP contribution in [0.1, 0.15) is 17.7 Å². The number of nitrogens with one attached hydrogen (secondary N) is 2. The Morgan fingerprint density at radius 2 is 2.10 bits per heavy atom. The first-order chi connectivity index (χ1) is 10.3. The van der Waals surface area contributed by atoms with E-state index in [0.717, 1.165) is 30.8 Å². The molecular formula is C14H17N7. The van der Waals surface area contributed by atoms with E-state index in [4.69, 9.17) is 0 Å². The van der Waals surface area contributed by atoms with Crippen molar-refractivity contribution in [3.8, 4) is 5.69 Å². The minimum atomic E-state index is 0.658. The third kappa shape index (κ3) is 3.07. The van der Waals surface area contributed by atoms with E-state index in [9.17, 15) is 0 Å². The molecule has 7 heteroatoms. The Morgan fingerprint density at radius 3 is 2.86 bits per heavy atom. The van der Waals surface area contributed by atoms with E-state index in [1.807, 2.05) is 43.5 Å². The van der Waals surface area contributed by atoms with Gasteiger partial charge in [0.25, 0.3) is 0 Å². The van der Waals surface area contributed by atoms with Gasteiger partial charge in [0.05, 0.1) is 11.9 Å². The first-order valence-corrected chi connectivity index (χ1v) is 6.91. The normalized spacial score (nSPS) is 10.7. The molecular weight excluding hydrogens is 266 g/mol. The number of aryl methyl sites for hydroxylation is 2.